The number of benzene rings is 2. The highest BCUT2D eigenvalue weighted by molar-refractivity contribution is 5.98. The molecule has 0 saturated heterocycles. The van der Waals surface area contributed by atoms with Gasteiger partial charge in [0.2, 0.25) is 0 Å². The van der Waals surface area contributed by atoms with Crippen molar-refractivity contribution in [3.63, 3.8) is 0 Å². The number of amides is 1. The summed E-state index contributed by atoms with van der Waals surface area (Å²) in [5, 5.41) is 12.2. The zero-order chi connectivity index (χ0) is 15.7. The average Bonchev–Trinajstić information content (AvgIpc) is 2.49. The predicted molar refractivity (Wildman–Crippen MR) is 85.4 cm³/mol. The lowest BCUT2D eigenvalue weighted by atomic mass is 9.99. The molecule has 1 amide bonds. The number of carbonyl (C=O) groups is 1. The maximum Gasteiger partial charge on any atom is 0.265 e. The number of phenols is 1. The van der Waals surface area contributed by atoms with Gasteiger partial charge in [-0.15, -0.1) is 0 Å². The standard InChI is InChI=1S/C18H19NO3/c1-11(2)13-5-3-12(4-6-13)9-17-18(21)19-15-10-14(20)7-8-16(15)22-17/h3-8,10-11,17,20H,9H2,1-2H3,(H,19,21). The SMILES string of the molecule is CC(C)c1ccc(CC2Oc3ccc(O)cc3NC2=O)cc1. The van der Waals surface area contributed by atoms with Crippen molar-refractivity contribution in [3.8, 4) is 11.5 Å². The summed E-state index contributed by atoms with van der Waals surface area (Å²) < 4.78 is 5.76. The third-order valence-electron chi connectivity index (χ3n) is 3.85. The van der Waals surface area contributed by atoms with Gasteiger partial charge in [-0.25, -0.2) is 0 Å². The Labute approximate surface area is 129 Å². The topological polar surface area (TPSA) is 58.6 Å². The second-order valence-corrected chi connectivity index (χ2v) is 5.88. The lowest BCUT2D eigenvalue weighted by molar-refractivity contribution is -0.123. The Morgan fingerprint density at radius 2 is 1.91 bits per heavy atom. The van der Waals surface area contributed by atoms with E-state index in [9.17, 15) is 9.90 Å². The first kappa shape index (κ1) is 14.4. The van der Waals surface area contributed by atoms with Crippen molar-refractivity contribution >= 4 is 11.6 Å². The van der Waals surface area contributed by atoms with Crippen molar-refractivity contribution in [1.29, 1.82) is 0 Å². The first-order valence-corrected chi connectivity index (χ1v) is 7.42. The van der Waals surface area contributed by atoms with E-state index < -0.39 is 6.10 Å². The molecular weight excluding hydrogens is 278 g/mol. The fourth-order valence-electron chi connectivity index (χ4n) is 2.53. The van der Waals surface area contributed by atoms with E-state index in [2.05, 4.69) is 31.3 Å². The number of anilines is 1. The average molecular weight is 297 g/mol. The Kier molecular flexibility index (Phi) is 3.75. The molecule has 114 valence electrons. The number of phenolic OH excluding ortho intramolecular Hbond substituents is 1. The number of hydrogen-bond acceptors (Lipinski definition) is 3. The Morgan fingerprint density at radius 1 is 1.18 bits per heavy atom. The van der Waals surface area contributed by atoms with Crippen LogP contribution in [0.3, 0.4) is 0 Å². The summed E-state index contributed by atoms with van der Waals surface area (Å²) in [7, 11) is 0. The molecule has 1 atom stereocenters. The molecule has 1 heterocycles. The minimum atomic E-state index is -0.554. The van der Waals surface area contributed by atoms with E-state index in [0.717, 1.165) is 5.56 Å². The van der Waals surface area contributed by atoms with Gasteiger partial charge in [-0.2, -0.15) is 0 Å². The van der Waals surface area contributed by atoms with Crippen molar-refractivity contribution < 1.29 is 14.6 Å². The molecular formula is C18H19NO3. The highest BCUT2D eigenvalue weighted by Crippen LogP contribution is 2.33. The van der Waals surface area contributed by atoms with Crippen LogP contribution in [0, 0.1) is 0 Å². The number of fused-ring (bicyclic) bond motifs is 1. The molecule has 2 aromatic rings. The van der Waals surface area contributed by atoms with E-state index in [-0.39, 0.29) is 11.7 Å². The molecule has 4 nitrogen and oxygen atoms in total. The van der Waals surface area contributed by atoms with Crippen LogP contribution in [-0.2, 0) is 11.2 Å². The van der Waals surface area contributed by atoms with Crippen LogP contribution >= 0.6 is 0 Å². The molecule has 0 spiro atoms. The van der Waals surface area contributed by atoms with E-state index in [4.69, 9.17) is 4.74 Å². The number of aromatic hydroxyl groups is 1. The lowest BCUT2D eigenvalue weighted by Crippen LogP contribution is -2.38. The van der Waals surface area contributed by atoms with E-state index in [1.165, 1.54) is 11.6 Å². The third kappa shape index (κ3) is 2.91. The summed E-state index contributed by atoms with van der Waals surface area (Å²) in [6.45, 7) is 4.30. The molecule has 0 aromatic heterocycles. The number of carbonyl (C=O) groups excluding carboxylic acids is 1. The van der Waals surface area contributed by atoms with E-state index >= 15 is 0 Å². The number of ether oxygens (including phenoxy) is 1. The minimum Gasteiger partial charge on any atom is -0.508 e. The van der Waals surface area contributed by atoms with Crippen LogP contribution in [0.1, 0.15) is 30.9 Å². The fourth-order valence-corrected chi connectivity index (χ4v) is 2.53. The normalized spacial score (nSPS) is 16.9. The molecule has 2 N–H and O–H groups in total. The second-order valence-electron chi connectivity index (χ2n) is 5.88. The van der Waals surface area contributed by atoms with Gasteiger partial charge in [-0.05, 0) is 29.2 Å². The van der Waals surface area contributed by atoms with Crippen molar-refractivity contribution in [1.82, 2.24) is 0 Å². The molecule has 1 aliphatic rings. The number of rotatable bonds is 3. The van der Waals surface area contributed by atoms with Gasteiger partial charge in [-0.1, -0.05) is 38.1 Å². The van der Waals surface area contributed by atoms with Gasteiger partial charge in [0.1, 0.15) is 11.5 Å². The Bertz CT molecular complexity index is 692. The molecule has 22 heavy (non-hydrogen) atoms. The first-order chi connectivity index (χ1) is 10.5. The summed E-state index contributed by atoms with van der Waals surface area (Å²) in [5.74, 6) is 0.987. The first-order valence-electron chi connectivity index (χ1n) is 7.42. The Balaban J connectivity index is 1.75. The minimum absolute atomic E-state index is 0.102. The van der Waals surface area contributed by atoms with Gasteiger partial charge in [0.05, 0.1) is 5.69 Å². The molecule has 2 aromatic carbocycles. The van der Waals surface area contributed by atoms with E-state index in [0.29, 0.717) is 23.8 Å². The van der Waals surface area contributed by atoms with Crippen molar-refractivity contribution in [2.75, 3.05) is 5.32 Å². The van der Waals surface area contributed by atoms with Crippen molar-refractivity contribution in [3.05, 3.63) is 53.6 Å². The van der Waals surface area contributed by atoms with Gasteiger partial charge < -0.3 is 15.2 Å². The maximum absolute atomic E-state index is 12.1. The van der Waals surface area contributed by atoms with Gasteiger partial charge in [0.25, 0.3) is 5.91 Å². The molecule has 3 rings (SSSR count). The van der Waals surface area contributed by atoms with E-state index in [1.807, 2.05) is 12.1 Å². The number of hydrogen-bond donors (Lipinski definition) is 2. The second kappa shape index (κ2) is 5.72. The summed E-state index contributed by atoms with van der Waals surface area (Å²) in [6, 6.07) is 13.0. The van der Waals surface area contributed by atoms with Crippen LogP contribution < -0.4 is 10.1 Å². The van der Waals surface area contributed by atoms with Gasteiger partial charge >= 0.3 is 0 Å². The Morgan fingerprint density at radius 3 is 2.59 bits per heavy atom. The summed E-state index contributed by atoms with van der Waals surface area (Å²) >= 11 is 0. The van der Waals surface area contributed by atoms with Crippen LogP contribution in [0.2, 0.25) is 0 Å². The molecule has 1 unspecified atom stereocenters. The molecule has 1 aliphatic heterocycles. The van der Waals surface area contributed by atoms with Crippen LogP contribution in [0.25, 0.3) is 0 Å². The molecule has 0 fully saturated rings. The smallest absolute Gasteiger partial charge is 0.265 e. The lowest BCUT2D eigenvalue weighted by Gasteiger charge is -2.26. The van der Waals surface area contributed by atoms with Crippen LogP contribution in [-0.4, -0.2) is 17.1 Å². The van der Waals surface area contributed by atoms with Crippen molar-refractivity contribution in [2.24, 2.45) is 0 Å². The predicted octanol–water partition coefficient (Wildman–Crippen LogP) is 3.46. The quantitative estimate of drug-likeness (QED) is 0.912. The summed E-state index contributed by atoms with van der Waals surface area (Å²) in [5.41, 5.74) is 2.85. The fraction of sp³-hybridized carbons (Fsp3) is 0.278. The highest BCUT2D eigenvalue weighted by atomic mass is 16.5. The van der Waals surface area contributed by atoms with Crippen LogP contribution in [0.4, 0.5) is 5.69 Å². The molecule has 4 heteroatoms. The summed E-state index contributed by atoms with van der Waals surface area (Å²) in [4.78, 5) is 12.1. The molecule has 0 aliphatic carbocycles. The molecule has 0 saturated carbocycles. The molecule has 0 radical (unpaired) electrons. The highest BCUT2D eigenvalue weighted by Gasteiger charge is 2.27. The third-order valence-corrected chi connectivity index (χ3v) is 3.85. The maximum atomic E-state index is 12.1. The zero-order valence-electron chi connectivity index (χ0n) is 12.7. The van der Waals surface area contributed by atoms with E-state index in [1.54, 1.807) is 12.1 Å². The van der Waals surface area contributed by atoms with Crippen LogP contribution in [0.5, 0.6) is 11.5 Å². The molecule has 0 bridgehead atoms. The van der Waals surface area contributed by atoms with Crippen molar-refractivity contribution in [2.45, 2.75) is 32.3 Å². The summed E-state index contributed by atoms with van der Waals surface area (Å²) in [6.07, 6.45) is -0.0354. The van der Waals surface area contributed by atoms with Gasteiger partial charge in [-0.3, -0.25) is 4.79 Å². The Hall–Kier alpha value is -2.49. The largest absolute Gasteiger partial charge is 0.508 e. The van der Waals surface area contributed by atoms with Gasteiger partial charge in [0.15, 0.2) is 6.10 Å². The van der Waals surface area contributed by atoms with Crippen LogP contribution in [0.15, 0.2) is 42.5 Å². The van der Waals surface area contributed by atoms with Gasteiger partial charge in [0, 0.05) is 12.5 Å². The number of nitrogens with one attached hydrogen (secondary N) is 1. The zero-order valence-corrected chi connectivity index (χ0v) is 12.7. The monoisotopic (exact) mass is 297 g/mol.